The molecule has 0 unspecified atom stereocenters. The lowest BCUT2D eigenvalue weighted by molar-refractivity contribution is -0.137. The molecule has 27 heavy (non-hydrogen) atoms. The molecule has 0 radical (unpaired) electrons. The molecular weight excluding hydrogens is 384 g/mol. The number of carbonyl (C=O) groups is 1. The number of carboxylic acid groups (broad SMARTS) is 1. The van der Waals surface area contributed by atoms with Gasteiger partial charge in [0.25, 0.3) is 0 Å². The third kappa shape index (κ3) is 2.57. The van der Waals surface area contributed by atoms with Crippen molar-refractivity contribution in [1.82, 2.24) is 9.55 Å². The van der Waals surface area contributed by atoms with Crippen molar-refractivity contribution in [3.63, 3.8) is 0 Å². The van der Waals surface area contributed by atoms with Gasteiger partial charge >= 0.3 is 5.97 Å². The summed E-state index contributed by atoms with van der Waals surface area (Å²) in [6.07, 6.45) is 0. The number of halogens is 4. The van der Waals surface area contributed by atoms with Gasteiger partial charge in [-0.1, -0.05) is 12.1 Å². The van der Waals surface area contributed by atoms with Gasteiger partial charge in [0.05, 0.1) is 10.2 Å². The quantitative estimate of drug-likeness (QED) is 0.399. The molecule has 4 nitrogen and oxygen atoms in total. The van der Waals surface area contributed by atoms with Crippen molar-refractivity contribution in [3.05, 3.63) is 53.2 Å². The summed E-state index contributed by atoms with van der Waals surface area (Å²) in [4.78, 5) is 15.2. The van der Waals surface area contributed by atoms with Crippen molar-refractivity contribution in [2.24, 2.45) is 0 Å². The highest BCUT2D eigenvalue weighted by molar-refractivity contribution is 7.21. The molecule has 0 fully saturated rings. The number of carboxylic acids is 1. The minimum absolute atomic E-state index is 0.0544. The molecule has 0 bridgehead atoms. The highest BCUT2D eigenvalue weighted by Crippen LogP contribution is 2.40. The zero-order valence-electron chi connectivity index (χ0n) is 13.7. The highest BCUT2D eigenvalue weighted by Gasteiger charge is 2.24. The van der Waals surface area contributed by atoms with Crippen molar-refractivity contribution in [3.8, 4) is 10.6 Å². The first-order valence-corrected chi connectivity index (χ1v) is 8.54. The van der Waals surface area contributed by atoms with Crippen LogP contribution in [-0.4, -0.2) is 20.6 Å². The topological polar surface area (TPSA) is 55.1 Å². The highest BCUT2D eigenvalue weighted by atomic mass is 32.1. The number of nitrogens with zero attached hydrogens (tertiary/aromatic N) is 2. The zero-order chi connectivity index (χ0) is 19.5. The van der Waals surface area contributed by atoms with Crippen LogP contribution in [0, 0.1) is 30.2 Å². The Hall–Kier alpha value is -2.94. The predicted molar refractivity (Wildman–Crippen MR) is 92.8 cm³/mol. The molecule has 1 N–H and O–H groups in total. The zero-order valence-corrected chi connectivity index (χ0v) is 14.5. The monoisotopic (exact) mass is 394 g/mol. The standard InChI is InChI=1S/C18H10F4N2O2S/c1-7-13(8-3-2-4-9(19)16(8)24(7)6-12(25)26)18-23-15-14(22)10(20)5-11(21)17(15)27-18/h2-5H,6H2,1H3,(H,25,26). The van der Waals surface area contributed by atoms with Gasteiger partial charge < -0.3 is 9.67 Å². The van der Waals surface area contributed by atoms with Gasteiger partial charge in [0.1, 0.15) is 28.7 Å². The first-order chi connectivity index (χ1) is 12.8. The number of hydrogen-bond acceptors (Lipinski definition) is 3. The van der Waals surface area contributed by atoms with Gasteiger partial charge in [-0.3, -0.25) is 4.79 Å². The fourth-order valence-electron chi connectivity index (χ4n) is 3.18. The lowest BCUT2D eigenvalue weighted by atomic mass is 10.1. The van der Waals surface area contributed by atoms with Crippen molar-refractivity contribution in [2.45, 2.75) is 13.5 Å². The van der Waals surface area contributed by atoms with Gasteiger partial charge in [-0.2, -0.15) is 0 Å². The Morgan fingerprint density at radius 2 is 1.93 bits per heavy atom. The molecule has 0 amide bonds. The smallest absolute Gasteiger partial charge is 0.323 e. The van der Waals surface area contributed by atoms with E-state index in [4.69, 9.17) is 5.11 Å². The second kappa shape index (κ2) is 6.05. The third-order valence-electron chi connectivity index (χ3n) is 4.32. The van der Waals surface area contributed by atoms with E-state index >= 15 is 0 Å². The fourth-order valence-corrected chi connectivity index (χ4v) is 4.26. The molecule has 2 aromatic carbocycles. The third-order valence-corrected chi connectivity index (χ3v) is 5.40. The fraction of sp³-hybridized carbons (Fsp3) is 0.111. The molecule has 9 heteroatoms. The summed E-state index contributed by atoms with van der Waals surface area (Å²) in [6.45, 7) is 1.07. The summed E-state index contributed by atoms with van der Waals surface area (Å²) in [5.41, 5.74) is 0.324. The van der Waals surface area contributed by atoms with E-state index in [1.54, 1.807) is 13.0 Å². The van der Waals surface area contributed by atoms with E-state index in [9.17, 15) is 22.4 Å². The molecule has 0 spiro atoms. The molecule has 4 rings (SSSR count). The maximum atomic E-state index is 14.4. The van der Waals surface area contributed by atoms with Crippen molar-refractivity contribution >= 4 is 38.4 Å². The SMILES string of the molecule is Cc1c(-c2nc3c(F)c(F)cc(F)c3s2)c2cccc(F)c2n1CC(=O)O. The van der Waals surface area contributed by atoms with Gasteiger partial charge in [0.15, 0.2) is 11.6 Å². The molecule has 2 heterocycles. The Balaban J connectivity index is 2.08. The van der Waals surface area contributed by atoms with Crippen molar-refractivity contribution < 1.29 is 27.5 Å². The second-order valence-corrected chi connectivity index (χ2v) is 6.93. The number of fused-ring (bicyclic) bond motifs is 2. The number of rotatable bonds is 3. The van der Waals surface area contributed by atoms with Crippen LogP contribution in [0.25, 0.3) is 31.7 Å². The summed E-state index contributed by atoms with van der Waals surface area (Å²) in [7, 11) is 0. The summed E-state index contributed by atoms with van der Waals surface area (Å²) >= 11 is 0.791. The number of thiazole rings is 1. The second-order valence-electron chi connectivity index (χ2n) is 5.93. The molecule has 0 saturated heterocycles. The number of para-hydroxylation sites is 1. The van der Waals surface area contributed by atoms with Gasteiger partial charge in [-0.25, -0.2) is 22.5 Å². The normalized spacial score (nSPS) is 11.6. The Kier molecular flexibility index (Phi) is 3.92. The van der Waals surface area contributed by atoms with Crippen LogP contribution in [0.3, 0.4) is 0 Å². The van der Waals surface area contributed by atoms with Crippen LogP contribution in [0.1, 0.15) is 5.69 Å². The molecule has 0 aliphatic heterocycles. The molecule has 0 aliphatic rings. The lowest BCUT2D eigenvalue weighted by Gasteiger charge is -2.05. The van der Waals surface area contributed by atoms with Crippen LogP contribution in [-0.2, 0) is 11.3 Å². The Morgan fingerprint density at radius 1 is 1.19 bits per heavy atom. The summed E-state index contributed by atoms with van der Waals surface area (Å²) in [5, 5.41) is 9.64. The van der Waals surface area contributed by atoms with Gasteiger partial charge in [-0.15, -0.1) is 11.3 Å². The van der Waals surface area contributed by atoms with Gasteiger partial charge in [0.2, 0.25) is 0 Å². The van der Waals surface area contributed by atoms with E-state index in [1.807, 2.05) is 0 Å². The van der Waals surface area contributed by atoms with Gasteiger partial charge in [-0.05, 0) is 13.0 Å². The average molecular weight is 394 g/mol. The summed E-state index contributed by atoms with van der Waals surface area (Å²) in [6, 6.07) is 4.65. The first-order valence-electron chi connectivity index (χ1n) is 7.73. The Morgan fingerprint density at radius 3 is 2.63 bits per heavy atom. The van der Waals surface area contributed by atoms with Crippen molar-refractivity contribution in [1.29, 1.82) is 0 Å². The van der Waals surface area contributed by atoms with Crippen LogP contribution in [0.5, 0.6) is 0 Å². The average Bonchev–Trinajstić information content (AvgIpc) is 3.14. The largest absolute Gasteiger partial charge is 0.480 e. The van der Waals surface area contributed by atoms with E-state index < -0.39 is 41.3 Å². The van der Waals surface area contributed by atoms with E-state index in [1.165, 1.54) is 16.7 Å². The Bertz CT molecular complexity index is 1250. The number of aliphatic carboxylic acids is 1. The van der Waals surface area contributed by atoms with Gasteiger partial charge in [0, 0.05) is 22.7 Å². The predicted octanol–water partition coefficient (Wildman–Crippen LogP) is 4.87. The van der Waals surface area contributed by atoms with Crippen LogP contribution in [0.2, 0.25) is 0 Å². The molecule has 0 aliphatic carbocycles. The number of hydrogen-bond donors (Lipinski definition) is 1. The molecule has 138 valence electrons. The molecule has 4 aromatic rings. The van der Waals surface area contributed by atoms with Crippen LogP contribution in [0.15, 0.2) is 24.3 Å². The van der Waals surface area contributed by atoms with Crippen LogP contribution >= 0.6 is 11.3 Å². The van der Waals surface area contributed by atoms with E-state index in [-0.39, 0.29) is 15.2 Å². The lowest BCUT2D eigenvalue weighted by Crippen LogP contribution is -2.10. The molecular formula is C18H10F4N2O2S. The minimum atomic E-state index is -1.35. The summed E-state index contributed by atoms with van der Waals surface area (Å²) in [5.74, 6) is -5.38. The van der Waals surface area contributed by atoms with Crippen LogP contribution in [0.4, 0.5) is 17.6 Å². The van der Waals surface area contributed by atoms with Crippen molar-refractivity contribution in [2.75, 3.05) is 0 Å². The summed E-state index contributed by atoms with van der Waals surface area (Å²) < 4.78 is 57.0. The maximum Gasteiger partial charge on any atom is 0.323 e. The minimum Gasteiger partial charge on any atom is -0.480 e. The number of benzene rings is 2. The first kappa shape index (κ1) is 17.5. The molecule has 0 atom stereocenters. The maximum absolute atomic E-state index is 14.4. The number of aromatic nitrogens is 2. The van der Waals surface area contributed by atoms with E-state index in [2.05, 4.69) is 4.98 Å². The molecule has 2 aromatic heterocycles. The van der Waals surface area contributed by atoms with E-state index in [0.717, 1.165) is 11.3 Å². The van der Waals surface area contributed by atoms with Crippen LogP contribution < -0.4 is 0 Å². The molecule has 0 saturated carbocycles. The Labute approximate surface area is 153 Å². The van der Waals surface area contributed by atoms with E-state index in [0.29, 0.717) is 22.7 Å².